The largest absolute Gasteiger partial charge is 0.496 e. The molecule has 0 saturated carbocycles. The number of rotatable bonds is 3. The number of methoxy groups -OCH3 is 1. The van der Waals surface area contributed by atoms with Gasteiger partial charge in [0.25, 0.3) is 0 Å². The molecule has 1 heterocycles. The maximum absolute atomic E-state index is 11.1. The molecule has 0 spiro atoms. The summed E-state index contributed by atoms with van der Waals surface area (Å²) in [6, 6.07) is 3.73. The summed E-state index contributed by atoms with van der Waals surface area (Å²) >= 11 is 0. The van der Waals surface area contributed by atoms with E-state index in [-0.39, 0.29) is 12.6 Å². The topological polar surface area (TPSA) is 44.8 Å². The molecular formula is C12H14O4. The van der Waals surface area contributed by atoms with Crippen LogP contribution in [0.4, 0.5) is 0 Å². The lowest BCUT2D eigenvalue weighted by molar-refractivity contribution is -0.116. The highest BCUT2D eigenvalue weighted by molar-refractivity contribution is 5.79. The van der Waals surface area contributed by atoms with Crippen molar-refractivity contribution in [1.82, 2.24) is 0 Å². The fourth-order valence-electron chi connectivity index (χ4n) is 1.84. The summed E-state index contributed by atoms with van der Waals surface area (Å²) in [7, 11) is 1.59. The smallest absolute Gasteiger partial charge is 0.189 e. The lowest BCUT2D eigenvalue weighted by Crippen LogP contribution is -2.13. The quantitative estimate of drug-likeness (QED) is 0.780. The van der Waals surface area contributed by atoms with Gasteiger partial charge in [-0.1, -0.05) is 6.07 Å². The summed E-state index contributed by atoms with van der Waals surface area (Å²) in [5.74, 6) is 1.58. The Balaban J connectivity index is 2.43. The zero-order valence-corrected chi connectivity index (χ0v) is 9.41. The van der Waals surface area contributed by atoms with E-state index in [0.29, 0.717) is 18.8 Å². The molecule has 0 bridgehead atoms. The molecule has 1 aliphatic rings. The molecule has 0 aromatic heterocycles. The van der Waals surface area contributed by atoms with E-state index in [4.69, 9.17) is 14.2 Å². The van der Waals surface area contributed by atoms with Gasteiger partial charge in [0, 0.05) is 12.0 Å². The van der Waals surface area contributed by atoms with Crippen molar-refractivity contribution in [1.29, 1.82) is 0 Å². The molecule has 0 saturated heterocycles. The van der Waals surface area contributed by atoms with Gasteiger partial charge in [0.2, 0.25) is 0 Å². The average Bonchev–Trinajstić information content (AvgIpc) is 2.28. The van der Waals surface area contributed by atoms with Gasteiger partial charge >= 0.3 is 0 Å². The maximum atomic E-state index is 11.1. The average molecular weight is 222 g/mol. The van der Waals surface area contributed by atoms with Crippen molar-refractivity contribution in [3.63, 3.8) is 0 Å². The van der Waals surface area contributed by atoms with E-state index in [1.807, 2.05) is 12.1 Å². The van der Waals surface area contributed by atoms with E-state index >= 15 is 0 Å². The minimum absolute atomic E-state index is 0.107. The van der Waals surface area contributed by atoms with Gasteiger partial charge in [-0.2, -0.15) is 0 Å². The van der Waals surface area contributed by atoms with Crippen LogP contribution in [0.1, 0.15) is 18.1 Å². The van der Waals surface area contributed by atoms with Crippen molar-refractivity contribution in [3.8, 4) is 11.5 Å². The minimum Gasteiger partial charge on any atom is -0.496 e. The van der Waals surface area contributed by atoms with E-state index < -0.39 is 0 Å². The van der Waals surface area contributed by atoms with Gasteiger partial charge in [0.15, 0.2) is 6.79 Å². The second kappa shape index (κ2) is 4.53. The molecule has 2 rings (SSSR count). The van der Waals surface area contributed by atoms with Crippen molar-refractivity contribution < 1.29 is 19.0 Å². The van der Waals surface area contributed by atoms with Gasteiger partial charge in [-0.3, -0.25) is 4.79 Å². The molecule has 16 heavy (non-hydrogen) atoms. The highest BCUT2D eigenvalue weighted by Gasteiger charge is 2.19. The third-order valence-corrected chi connectivity index (χ3v) is 2.49. The predicted octanol–water partition coefficient (Wildman–Crippen LogP) is 1.69. The molecule has 4 nitrogen and oxygen atoms in total. The van der Waals surface area contributed by atoms with Gasteiger partial charge in [-0.05, 0) is 13.0 Å². The van der Waals surface area contributed by atoms with E-state index in [2.05, 4.69) is 0 Å². The third kappa shape index (κ3) is 2.02. The molecule has 0 amide bonds. The van der Waals surface area contributed by atoms with Crippen LogP contribution in [0.2, 0.25) is 0 Å². The Morgan fingerprint density at radius 1 is 1.50 bits per heavy atom. The molecule has 0 radical (unpaired) electrons. The molecule has 0 fully saturated rings. The van der Waals surface area contributed by atoms with Crippen LogP contribution in [0.25, 0.3) is 0 Å². The van der Waals surface area contributed by atoms with E-state index in [9.17, 15) is 4.79 Å². The monoisotopic (exact) mass is 222 g/mol. The molecule has 0 unspecified atom stereocenters. The number of carbonyl (C=O) groups excluding carboxylic acids is 1. The van der Waals surface area contributed by atoms with Crippen molar-refractivity contribution in [2.75, 3.05) is 13.9 Å². The summed E-state index contributed by atoms with van der Waals surface area (Å²) in [6.45, 7) is 2.29. The minimum atomic E-state index is 0.107. The molecule has 1 aliphatic heterocycles. The highest BCUT2D eigenvalue weighted by Crippen LogP contribution is 2.35. The van der Waals surface area contributed by atoms with Crippen LogP contribution in [0.5, 0.6) is 11.5 Å². The van der Waals surface area contributed by atoms with Crippen LogP contribution in [0.3, 0.4) is 0 Å². The molecule has 4 heteroatoms. The van der Waals surface area contributed by atoms with Crippen molar-refractivity contribution in [2.45, 2.75) is 20.0 Å². The first-order valence-electron chi connectivity index (χ1n) is 5.11. The number of hydrogen-bond acceptors (Lipinski definition) is 4. The zero-order valence-electron chi connectivity index (χ0n) is 9.41. The highest BCUT2D eigenvalue weighted by atomic mass is 16.7. The molecular weight excluding hydrogens is 208 g/mol. The summed E-state index contributed by atoms with van der Waals surface area (Å²) in [6.07, 6.45) is 0.371. The predicted molar refractivity (Wildman–Crippen MR) is 57.7 cm³/mol. The van der Waals surface area contributed by atoms with Crippen LogP contribution in [-0.2, 0) is 22.6 Å². The molecule has 86 valence electrons. The van der Waals surface area contributed by atoms with Crippen LogP contribution >= 0.6 is 0 Å². The van der Waals surface area contributed by atoms with Gasteiger partial charge in [0.05, 0.1) is 19.3 Å². The van der Waals surface area contributed by atoms with E-state index in [1.165, 1.54) is 0 Å². The summed E-state index contributed by atoms with van der Waals surface area (Å²) in [5.41, 5.74) is 1.76. The summed E-state index contributed by atoms with van der Waals surface area (Å²) in [5, 5.41) is 0. The van der Waals surface area contributed by atoms with Crippen LogP contribution in [0, 0.1) is 0 Å². The lowest BCUT2D eigenvalue weighted by Gasteiger charge is -2.21. The number of carbonyl (C=O) groups is 1. The molecule has 1 aromatic carbocycles. The van der Waals surface area contributed by atoms with Gasteiger partial charge < -0.3 is 14.2 Å². The number of fused-ring (bicyclic) bond motifs is 1. The SMILES string of the molecule is COc1c(CC(C)=O)ccc2c1COCO2. The Hall–Kier alpha value is -1.55. The molecule has 1 aromatic rings. The number of Topliss-reactive ketones (excluding diaryl/α,β-unsaturated/α-hetero) is 1. The number of ether oxygens (including phenoxy) is 3. The molecule has 0 aliphatic carbocycles. The van der Waals surface area contributed by atoms with Crippen molar-refractivity contribution in [3.05, 3.63) is 23.3 Å². The van der Waals surface area contributed by atoms with Crippen LogP contribution in [-0.4, -0.2) is 19.7 Å². The second-order valence-corrected chi connectivity index (χ2v) is 3.72. The first kappa shape index (κ1) is 11.0. The fraction of sp³-hybridized carbons (Fsp3) is 0.417. The number of ketones is 1. The van der Waals surface area contributed by atoms with Gasteiger partial charge in [0.1, 0.15) is 17.3 Å². The first-order valence-corrected chi connectivity index (χ1v) is 5.11. The summed E-state index contributed by atoms with van der Waals surface area (Å²) in [4.78, 5) is 11.1. The van der Waals surface area contributed by atoms with E-state index in [1.54, 1.807) is 14.0 Å². The van der Waals surface area contributed by atoms with E-state index in [0.717, 1.165) is 16.9 Å². The Morgan fingerprint density at radius 3 is 3.00 bits per heavy atom. The Labute approximate surface area is 94.1 Å². The lowest BCUT2D eigenvalue weighted by atomic mass is 10.0. The Kier molecular flexibility index (Phi) is 3.10. The normalized spacial score (nSPS) is 13.9. The zero-order chi connectivity index (χ0) is 11.5. The van der Waals surface area contributed by atoms with Gasteiger partial charge in [-0.25, -0.2) is 0 Å². The van der Waals surface area contributed by atoms with Gasteiger partial charge in [-0.15, -0.1) is 0 Å². The molecule has 0 N–H and O–H groups in total. The number of hydrogen-bond donors (Lipinski definition) is 0. The Bertz CT molecular complexity index is 412. The van der Waals surface area contributed by atoms with Crippen molar-refractivity contribution in [2.24, 2.45) is 0 Å². The van der Waals surface area contributed by atoms with Crippen LogP contribution < -0.4 is 9.47 Å². The fourth-order valence-corrected chi connectivity index (χ4v) is 1.84. The molecule has 0 atom stereocenters. The van der Waals surface area contributed by atoms with Crippen LogP contribution in [0.15, 0.2) is 12.1 Å². The van der Waals surface area contributed by atoms with Crippen molar-refractivity contribution >= 4 is 5.78 Å². The first-order chi connectivity index (χ1) is 7.72. The third-order valence-electron chi connectivity index (χ3n) is 2.49. The Morgan fingerprint density at radius 2 is 2.31 bits per heavy atom. The number of benzene rings is 1. The standard InChI is InChI=1S/C12H14O4/c1-8(13)5-9-3-4-11-10(12(9)14-2)6-15-7-16-11/h3-4H,5-7H2,1-2H3. The summed E-state index contributed by atoms with van der Waals surface area (Å²) < 4.78 is 15.9. The maximum Gasteiger partial charge on any atom is 0.189 e. The second-order valence-electron chi connectivity index (χ2n) is 3.72.